The van der Waals surface area contributed by atoms with Crippen molar-refractivity contribution in [3.05, 3.63) is 29.8 Å². The van der Waals surface area contributed by atoms with Gasteiger partial charge in [-0.3, -0.25) is 4.99 Å². The highest BCUT2D eigenvalue weighted by atomic mass is 16.5. The van der Waals surface area contributed by atoms with Crippen molar-refractivity contribution in [3.63, 3.8) is 0 Å². The summed E-state index contributed by atoms with van der Waals surface area (Å²) in [6.07, 6.45) is 4.70. The molecule has 2 heterocycles. The maximum atomic E-state index is 5.75. The summed E-state index contributed by atoms with van der Waals surface area (Å²) in [6.45, 7) is 9.66. The first-order chi connectivity index (χ1) is 14.2. The number of hydrogen-bond donors (Lipinski definition) is 2. The third kappa shape index (κ3) is 7.52. The Bertz CT molecular complexity index is 606. The van der Waals surface area contributed by atoms with Crippen molar-refractivity contribution in [1.82, 2.24) is 10.6 Å². The Kier molecular flexibility index (Phi) is 9.09. The number of nitrogens with one attached hydrogen (secondary N) is 2. The maximum absolute atomic E-state index is 5.75. The van der Waals surface area contributed by atoms with Crippen LogP contribution in [0, 0.1) is 11.8 Å². The van der Waals surface area contributed by atoms with Crippen LogP contribution in [0.25, 0.3) is 0 Å². The lowest BCUT2D eigenvalue weighted by molar-refractivity contribution is 0.0888. The SMILES string of the molecule is CN=C(NCCCOCC1CCOC1)NCc1ccc(N2CCC(C)CC2)cc1. The van der Waals surface area contributed by atoms with E-state index in [0.29, 0.717) is 5.92 Å². The molecule has 162 valence electrons. The second-order valence-electron chi connectivity index (χ2n) is 8.35. The number of guanidine groups is 1. The number of aliphatic imine (C=N–C) groups is 1. The molecule has 2 aliphatic heterocycles. The molecule has 2 saturated heterocycles. The van der Waals surface area contributed by atoms with E-state index in [1.54, 1.807) is 0 Å². The Balaban J connectivity index is 1.29. The number of ether oxygens (including phenoxy) is 2. The van der Waals surface area contributed by atoms with Crippen LogP contribution in [-0.4, -0.2) is 59.1 Å². The van der Waals surface area contributed by atoms with Crippen LogP contribution in [0.4, 0.5) is 5.69 Å². The van der Waals surface area contributed by atoms with Gasteiger partial charge in [-0.25, -0.2) is 0 Å². The van der Waals surface area contributed by atoms with E-state index in [2.05, 4.69) is 51.7 Å². The summed E-state index contributed by atoms with van der Waals surface area (Å²) in [7, 11) is 1.81. The van der Waals surface area contributed by atoms with Crippen molar-refractivity contribution in [2.24, 2.45) is 16.8 Å². The van der Waals surface area contributed by atoms with E-state index in [0.717, 1.165) is 64.2 Å². The first-order valence-electron chi connectivity index (χ1n) is 11.2. The minimum absolute atomic E-state index is 0.585. The number of nitrogens with zero attached hydrogens (tertiary/aromatic N) is 2. The van der Waals surface area contributed by atoms with E-state index in [1.165, 1.54) is 37.2 Å². The Hall–Kier alpha value is -1.79. The summed E-state index contributed by atoms with van der Waals surface area (Å²) >= 11 is 0. The molecule has 3 rings (SSSR count). The van der Waals surface area contributed by atoms with Crippen LogP contribution in [0.2, 0.25) is 0 Å². The first kappa shape index (κ1) is 21.9. The second-order valence-corrected chi connectivity index (χ2v) is 8.35. The Morgan fingerprint density at radius 2 is 1.97 bits per heavy atom. The maximum Gasteiger partial charge on any atom is 0.191 e. The molecule has 6 nitrogen and oxygen atoms in total. The third-order valence-electron chi connectivity index (χ3n) is 5.90. The van der Waals surface area contributed by atoms with Gasteiger partial charge in [0.2, 0.25) is 0 Å². The molecule has 2 N–H and O–H groups in total. The Labute approximate surface area is 176 Å². The normalized spacial score (nSPS) is 20.8. The van der Waals surface area contributed by atoms with Gasteiger partial charge in [0.1, 0.15) is 0 Å². The van der Waals surface area contributed by atoms with E-state index < -0.39 is 0 Å². The average molecular weight is 403 g/mol. The monoisotopic (exact) mass is 402 g/mol. The van der Waals surface area contributed by atoms with Gasteiger partial charge in [-0.15, -0.1) is 0 Å². The van der Waals surface area contributed by atoms with Crippen molar-refractivity contribution in [2.75, 3.05) is 58.0 Å². The van der Waals surface area contributed by atoms with E-state index in [9.17, 15) is 0 Å². The highest BCUT2D eigenvalue weighted by molar-refractivity contribution is 5.79. The molecule has 0 bridgehead atoms. The average Bonchev–Trinajstić information content (AvgIpc) is 3.27. The highest BCUT2D eigenvalue weighted by Crippen LogP contribution is 2.23. The van der Waals surface area contributed by atoms with E-state index in [4.69, 9.17) is 9.47 Å². The summed E-state index contributed by atoms with van der Waals surface area (Å²) in [5.41, 5.74) is 2.61. The molecule has 1 atom stereocenters. The predicted molar refractivity (Wildman–Crippen MR) is 120 cm³/mol. The predicted octanol–water partition coefficient (Wildman–Crippen LogP) is 3.03. The fourth-order valence-electron chi connectivity index (χ4n) is 3.84. The highest BCUT2D eigenvalue weighted by Gasteiger charge is 2.16. The summed E-state index contributed by atoms with van der Waals surface area (Å²) in [4.78, 5) is 6.81. The number of rotatable bonds is 9. The molecule has 1 unspecified atom stereocenters. The van der Waals surface area contributed by atoms with Crippen molar-refractivity contribution < 1.29 is 9.47 Å². The van der Waals surface area contributed by atoms with Crippen LogP contribution in [0.15, 0.2) is 29.3 Å². The topological polar surface area (TPSA) is 58.1 Å². The summed E-state index contributed by atoms with van der Waals surface area (Å²) in [5, 5.41) is 6.76. The van der Waals surface area contributed by atoms with Crippen LogP contribution >= 0.6 is 0 Å². The van der Waals surface area contributed by atoms with Gasteiger partial charge in [-0.1, -0.05) is 19.1 Å². The zero-order valence-electron chi connectivity index (χ0n) is 18.2. The summed E-state index contributed by atoms with van der Waals surface area (Å²) in [6, 6.07) is 8.92. The first-order valence-corrected chi connectivity index (χ1v) is 11.2. The van der Waals surface area contributed by atoms with Gasteiger partial charge in [0, 0.05) is 58.0 Å². The van der Waals surface area contributed by atoms with Crippen LogP contribution < -0.4 is 15.5 Å². The van der Waals surface area contributed by atoms with Gasteiger partial charge >= 0.3 is 0 Å². The van der Waals surface area contributed by atoms with Crippen LogP contribution in [0.3, 0.4) is 0 Å². The van der Waals surface area contributed by atoms with Crippen molar-refractivity contribution >= 4 is 11.6 Å². The Morgan fingerprint density at radius 3 is 2.66 bits per heavy atom. The Morgan fingerprint density at radius 1 is 1.17 bits per heavy atom. The molecule has 0 amide bonds. The molecule has 0 spiro atoms. The molecule has 1 aromatic rings. The molecule has 2 fully saturated rings. The van der Waals surface area contributed by atoms with Gasteiger partial charge in [0.25, 0.3) is 0 Å². The zero-order chi connectivity index (χ0) is 20.3. The van der Waals surface area contributed by atoms with Gasteiger partial charge in [-0.05, 0) is 49.3 Å². The molecule has 0 radical (unpaired) electrons. The molecule has 29 heavy (non-hydrogen) atoms. The number of hydrogen-bond acceptors (Lipinski definition) is 4. The van der Waals surface area contributed by atoms with E-state index in [-0.39, 0.29) is 0 Å². The number of anilines is 1. The number of benzene rings is 1. The van der Waals surface area contributed by atoms with E-state index >= 15 is 0 Å². The summed E-state index contributed by atoms with van der Waals surface area (Å²) in [5.74, 6) is 2.29. The fourth-order valence-corrected chi connectivity index (χ4v) is 3.84. The van der Waals surface area contributed by atoms with Crippen molar-refractivity contribution in [3.8, 4) is 0 Å². The fraction of sp³-hybridized carbons (Fsp3) is 0.696. The molecule has 2 aliphatic rings. The zero-order valence-corrected chi connectivity index (χ0v) is 18.2. The lowest BCUT2D eigenvalue weighted by atomic mass is 9.99. The van der Waals surface area contributed by atoms with Gasteiger partial charge in [0.15, 0.2) is 5.96 Å². The third-order valence-corrected chi connectivity index (χ3v) is 5.90. The molecule has 0 aromatic heterocycles. The minimum Gasteiger partial charge on any atom is -0.381 e. The minimum atomic E-state index is 0.585. The molecule has 6 heteroatoms. The van der Waals surface area contributed by atoms with Crippen LogP contribution in [0.1, 0.15) is 38.2 Å². The number of piperidine rings is 1. The van der Waals surface area contributed by atoms with Crippen molar-refractivity contribution in [2.45, 2.75) is 39.2 Å². The van der Waals surface area contributed by atoms with Crippen LogP contribution in [-0.2, 0) is 16.0 Å². The standard InChI is InChI=1S/C23H38N4O2/c1-19-8-12-27(13-9-19)22-6-4-20(5-7-22)16-26-23(24-2)25-11-3-14-28-17-21-10-15-29-18-21/h4-7,19,21H,3,8-18H2,1-2H3,(H2,24,25,26). The van der Waals surface area contributed by atoms with Crippen LogP contribution in [0.5, 0.6) is 0 Å². The molecule has 0 aliphatic carbocycles. The lowest BCUT2D eigenvalue weighted by Crippen LogP contribution is -2.37. The van der Waals surface area contributed by atoms with Crippen molar-refractivity contribution in [1.29, 1.82) is 0 Å². The van der Waals surface area contributed by atoms with Gasteiger partial charge in [0.05, 0.1) is 13.2 Å². The summed E-state index contributed by atoms with van der Waals surface area (Å²) < 4.78 is 11.1. The molecule has 1 aromatic carbocycles. The van der Waals surface area contributed by atoms with Gasteiger partial charge < -0.3 is 25.0 Å². The largest absolute Gasteiger partial charge is 0.381 e. The second kappa shape index (κ2) is 12.0. The van der Waals surface area contributed by atoms with E-state index in [1.807, 2.05) is 7.05 Å². The molecular weight excluding hydrogens is 364 g/mol. The quantitative estimate of drug-likeness (QED) is 0.378. The van der Waals surface area contributed by atoms with Gasteiger partial charge in [-0.2, -0.15) is 0 Å². The lowest BCUT2D eigenvalue weighted by Gasteiger charge is -2.32. The smallest absolute Gasteiger partial charge is 0.191 e. The molecule has 0 saturated carbocycles. The molecular formula is C23H38N4O2.